The number of hydrogen-bond donors (Lipinski definition) is 2. The summed E-state index contributed by atoms with van der Waals surface area (Å²) in [4.78, 5) is 20.3. The molecule has 0 radical (unpaired) electrons. The largest absolute Gasteiger partial charge is 0.369 e. The number of carbonyl (C=O) groups excluding carboxylic acids is 1. The van der Waals surface area contributed by atoms with Gasteiger partial charge in [0, 0.05) is 23.0 Å². The Bertz CT molecular complexity index is 1180. The van der Waals surface area contributed by atoms with Crippen molar-refractivity contribution < 1.29 is 9.18 Å². The lowest BCUT2D eigenvalue weighted by Gasteiger charge is -2.08. The number of benzene rings is 2. The molecule has 0 aliphatic heterocycles. The van der Waals surface area contributed by atoms with E-state index in [1.807, 2.05) is 12.1 Å². The molecule has 0 unspecified atom stereocenters. The molecule has 0 saturated carbocycles. The predicted octanol–water partition coefficient (Wildman–Crippen LogP) is 3.91. The third-order valence-corrected chi connectivity index (χ3v) is 4.29. The van der Waals surface area contributed by atoms with Crippen molar-refractivity contribution in [2.45, 2.75) is 0 Å². The second-order valence-electron chi connectivity index (χ2n) is 6.08. The minimum absolute atomic E-state index is 0.283. The highest BCUT2D eigenvalue weighted by molar-refractivity contribution is 5.99. The minimum Gasteiger partial charge on any atom is -0.369 e. The number of anilines is 2. The summed E-state index contributed by atoms with van der Waals surface area (Å²) in [7, 11) is 0. The van der Waals surface area contributed by atoms with Crippen LogP contribution in [0.4, 0.5) is 16.0 Å². The van der Waals surface area contributed by atoms with Gasteiger partial charge in [0.1, 0.15) is 11.5 Å². The molecule has 2 heterocycles. The quantitative estimate of drug-likeness (QED) is 0.531. The van der Waals surface area contributed by atoms with Crippen LogP contribution in [0.25, 0.3) is 28.2 Å². The number of nitrogen functional groups attached to an aromatic ring is 1. The molecule has 0 aliphatic carbocycles. The number of fused-ring (bicyclic) bond motifs is 1. The first-order valence-electron chi connectivity index (χ1n) is 8.49. The molecule has 28 heavy (non-hydrogen) atoms. The molecule has 2 aromatic heterocycles. The molecular formula is C21H16FN5O. The zero-order valence-corrected chi connectivity index (χ0v) is 14.8. The molecular weight excluding hydrogens is 357 g/mol. The van der Waals surface area contributed by atoms with Crippen molar-refractivity contribution in [3.63, 3.8) is 0 Å². The Morgan fingerprint density at radius 1 is 1.07 bits per heavy atom. The van der Waals surface area contributed by atoms with Gasteiger partial charge in [0.15, 0.2) is 0 Å². The SMILES string of the molecule is C=CC(=O)Nc1ccc(-c2nc3ccnc(N)n3c2-c2ccc(F)cc2)cc1. The third-order valence-electron chi connectivity index (χ3n) is 4.29. The Balaban J connectivity index is 1.88. The van der Waals surface area contributed by atoms with E-state index in [4.69, 9.17) is 10.7 Å². The molecule has 3 N–H and O–H groups in total. The molecule has 4 rings (SSSR count). The zero-order valence-electron chi connectivity index (χ0n) is 14.8. The zero-order chi connectivity index (χ0) is 19.7. The van der Waals surface area contributed by atoms with E-state index >= 15 is 0 Å². The van der Waals surface area contributed by atoms with Crippen LogP contribution in [0.1, 0.15) is 0 Å². The molecule has 0 saturated heterocycles. The van der Waals surface area contributed by atoms with Gasteiger partial charge in [-0.2, -0.15) is 0 Å². The monoisotopic (exact) mass is 373 g/mol. The molecule has 6 nitrogen and oxygen atoms in total. The normalized spacial score (nSPS) is 10.8. The molecule has 1 amide bonds. The molecule has 0 fully saturated rings. The van der Waals surface area contributed by atoms with Crippen LogP contribution in [-0.4, -0.2) is 20.3 Å². The van der Waals surface area contributed by atoms with Gasteiger partial charge in [0.2, 0.25) is 11.9 Å². The predicted molar refractivity (Wildman–Crippen MR) is 107 cm³/mol. The van der Waals surface area contributed by atoms with Gasteiger partial charge in [-0.25, -0.2) is 14.4 Å². The molecule has 0 spiro atoms. The highest BCUT2D eigenvalue weighted by atomic mass is 19.1. The number of nitrogens with zero attached hydrogens (tertiary/aromatic N) is 3. The van der Waals surface area contributed by atoms with Crippen LogP contribution in [0.3, 0.4) is 0 Å². The van der Waals surface area contributed by atoms with Gasteiger partial charge in [-0.3, -0.25) is 9.20 Å². The lowest BCUT2D eigenvalue weighted by Crippen LogP contribution is -2.06. The molecule has 7 heteroatoms. The van der Waals surface area contributed by atoms with E-state index < -0.39 is 0 Å². The molecule has 0 bridgehead atoms. The van der Waals surface area contributed by atoms with Crippen LogP contribution >= 0.6 is 0 Å². The second kappa shape index (κ2) is 6.96. The Morgan fingerprint density at radius 3 is 2.43 bits per heavy atom. The first-order chi connectivity index (χ1) is 13.6. The maximum atomic E-state index is 13.4. The number of nitrogens with one attached hydrogen (secondary N) is 1. The van der Waals surface area contributed by atoms with Gasteiger partial charge in [-0.05, 0) is 48.5 Å². The van der Waals surface area contributed by atoms with Crippen molar-refractivity contribution >= 4 is 23.2 Å². The number of imidazole rings is 1. The van der Waals surface area contributed by atoms with Crippen LogP contribution in [-0.2, 0) is 4.79 Å². The van der Waals surface area contributed by atoms with Gasteiger partial charge in [0.25, 0.3) is 0 Å². The van der Waals surface area contributed by atoms with Gasteiger partial charge >= 0.3 is 0 Å². The summed E-state index contributed by atoms with van der Waals surface area (Å²) in [5, 5.41) is 2.70. The van der Waals surface area contributed by atoms with E-state index in [-0.39, 0.29) is 17.7 Å². The van der Waals surface area contributed by atoms with Crippen LogP contribution < -0.4 is 11.1 Å². The number of nitrogens with two attached hydrogens (primary N) is 1. The number of carbonyl (C=O) groups is 1. The van der Waals surface area contributed by atoms with Crippen molar-refractivity contribution in [3.8, 4) is 22.5 Å². The number of halogens is 1. The summed E-state index contributed by atoms with van der Waals surface area (Å²) in [5.41, 5.74) is 10.3. The van der Waals surface area contributed by atoms with Crippen LogP contribution in [0.5, 0.6) is 0 Å². The Labute approximate surface area is 160 Å². The fourth-order valence-corrected chi connectivity index (χ4v) is 3.00. The van der Waals surface area contributed by atoms with E-state index in [0.29, 0.717) is 22.7 Å². The highest BCUT2D eigenvalue weighted by Crippen LogP contribution is 2.34. The Morgan fingerprint density at radius 2 is 1.75 bits per heavy atom. The fraction of sp³-hybridized carbons (Fsp3) is 0. The highest BCUT2D eigenvalue weighted by Gasteiger charge is 2.18. The molecule has 4 aromatic rings. The van der Waals surface area contributed by atoms with Gasteiger partial charge in [-0.15, -0.1) is 0 Å². The van der Waals surface area contributed by atoms with Crippen molar-refractivity contribution in [2.24, 2.45) is 0 Å². The number of rotatable bonds is 4. The van der Waals surface area contributed by atoms with Gasteiger partial charge in [-0.1, -0.05) is 18.7 Å². The maximum absolute atomic E-state index is 13.4. The topological polar surface area (TPSA) is 85.3 Å². The molecule has 0 aliphatic rings. The molecule has 138 valence electrons. The number of amides is 1. The molecule has 2 aromatic carbocycles. The summed E-state index contributed by atoms with van der Waals surface area (Å²) in [6, 6.07) is 15.1. The van der Waals surface area contributed by atoms with Gasteiger partial charge in [0.05, 0.1) is 11.4 Å². The van der Waals surface area contributed by atoms with Crippen LogP contribution in [0.2, 0.25) is 0 Å². The third kappa shape index (κ3) is 3.09. The van der Waals surface area contributed by atoms with E-state index in [2.05, 4.69) is 16.9 Å². The lowest BCUT2D eigenvalue weighted by atomic mass is 10.0. The lowest BCUT2D eigenvalue weighted by molar-refractivity contribution is -0.111. The second-order valence-corrected chi connectivity index (χ2v) is 6.08. The minimum atomic E-state index is -0.326. The van der Waals surface area contributed by atoms with E-state index in [1.165, 1.54) is 18.2 Å². The van der Waals surface area contributed by atoms with Crippen LogP contribution in [0, 0.1) is 5.82 Å². The van der Waals surface area contributed by atoms with Crippen LogP contribution in [0.15, 0.2) is 73.4 Å². The van der Waals surface area contributed by atoms with Crippen molar-refractivity contribution in [1.29, 1.82) is 0 Å². The number of hydrogen-bond acceptors (Lipinski definition) is 4. The average molecular weight is 373 g/mol. The fourth-order valence-electron chi connectivity index (χ4n) is 3.00. The Kier molecular flexibility index (Phi) is 4.33. The summed E-state index contributed by atoms with van der Waals surface area (Å²) >= 11 is 0. The standard InChI is InChI=1S/C21H16FN5O/c1-2-18(28)25-16-9-5-13(6-10-16)19-20(14-3-7-15(22)8-4-14)27-17(26-19)11-12-24-21(27)23/h2-12H,1H2,(H2,23,24)(H,25,28). The molecule has 0 atom stereocenters. The summed E-state index contributed by atoms with van der Waals surface area (Å²) in [5.74, 6) is -0.329. The summed E-state index contributed by atoms with van der Waals surface area (Å²) < 4.78 is 15.2. The maximum Gasteiger partial charge on any atom is 0.247 e. The summed E-state index contributed by atoms with van der Waals surface area (Å²) in [6.07, 6.45) is 2.79. The van der Waals surface area contributed by atoms with E-state index in [1.54, 1.807) is 40.9 Å². The smallest absolute Gasteiger partial charge is 0.247 e. The average Bonchev–Trinajstić information content (AvgIpc) is 3.10. The van der Waals surface area contributed by atoms with E-state index in [0.717, 1.165) is 11.1 Å². The van der Waals surface area contributed by atoms with E-state index in [9.17, 15) is 9.18 Å². The van der Waals surface area contributed by atoms with Crippen molar-refractivity contribution in [2.75, 3.05) is 11.1 Å². The van der Waals surface area contributed by atoms with Crippen molar-refractivity contribution in [3.05, 3.63) is 79.3 Å². The summed E-state index contributed by atoms with van der Waals surface area (Å²) in [6.45, 7) is 3.44. The van der Waals surface area contributed by atoms with Crippen molar-refractivity contribution in [1.82, 2.24) is 14.4 Å². The Hall–Kier alpha value is -4.00. The first kappa shape index (κ1) is 17.4. The van der Waals surface area contributed by atoms with Gasteiger partial charge < -0.3 is 11.1 Å². The number of aromatic nitrogens is 3. The first-order valence-corrected chi connectivity index (χ1v) is 8.49.